The van der Waals surface area contributed by atoms with Gasteiger partial charge in [0.15, 0.2) is 0 Å². The lowest BCUT2D eigenvalue weighted by molar-refractivity contribution is -0.105. The quantitative estimate of drug-likeness (QED) is 0.370. The maximum absolute atomic E-state index is 10.8. The summed E-state index contributed by atoms with van der Waals surface area (Å²) in [5.74, 6) is 0.768. The number of hydrogen-bond acceptors (Lipinski definition) is 4. The number of amides is 1. The molecule has 1 N–H and O–H groups in total. The Balaban J connectivity index is 1.38. The zero-order valence-electron chi connectivity index (χ0n) is 17.8. The van der Waals surface area contributed by atoms with Gasteiger partial charge in [-0.05, 0) is 56.1 Å². The van der Waals surface area contributed by atoms with Gasteiger partial charge in [-0.2, -0.15) is 0 Å². The molecule has 1 aliphatic rings. The van der Waals surface area contributed by atoms with Crippen LogP contribution in [0.4, 0.5) is 11.4 Å². The Morgan fingerprint density at radius 3 is 2.65 bits per heavy atom. The molecule has 0 aromatic heterocycles. The fraction of sp³-hybridized carbons (Fsp3) is 0.375. The van der Waals surface area contributed by atoms with E-state index in [0.29, 0.717) is 23.1 Å². The highest BCUT2D eigenvalue weighted by Crippen LogP contribution is 2.32. The molecule has 1 fully saturated rings. The van der Waals surface area contributed by atoms with Gasteiger partial charge in [0, 0.05) is 32.2 Å². The van der Waals surface area contributed by atoms with E-state index in [1.54, 1.807) is 0 Å². The maximum Gasteiger partial charge on any atom is 0.211 e. The van der Waals surface area contributed by atoms with Crippen molar-refractivity contribution in [3.05, 3.63) is 58.1 Å². The molecule has 1 heterocycles. The third kappa shape index (κ3) is 6.63. The number of unbranched alkanes of at least 4 members (excludes halogenated alkanes) is 1. The number of ether oxygens (including phenoxy) is 1. The molecule has 0 unspecified atom stereocenters. The predicted octanol–water partition coefficient (Wildman–Crippen LogP) is 5.58. The largest absolute Gasteiger partial charge is 0.494 e. The molecule has 0 aliphatic carbocycles. The summed E-state index contributed by atoms with van der Waals surface area (Å²) in [5.41, 5.74) is 2.73. The Morgan fingerprint density at radius 1 is 1.10 bits per heavy atom. The van der Waals surface area contributed by atoms with Crippen molar-refractivity contribution in [1.82, 2.24) is 4.90 Å². The summed E-state index contributed by atoms with van der Waals surface area (Å²) in [7, 11) is 0. The van der Waals surface area contributed by atoms with Crippen LogP contribution in [-0.4, -0.2) is 50.6 Å². The lowest BCUT2D eigenvalue weighted by Gasteiger charge is -2.36. The predicted molar refractivity (Wildman–Crippen MR) is 131 cm³/mol. The summed E-state index contributed by atoms with van der Waals surface area (Å²) in [6.45, 7) is 7.57. The minimum Gasteiger partial charge on any atom is -0.494 e. The zero-order valence-corrected chi connectivity index (χ0v) is 19.3. The second-order valence-electron chi connectivity index (χ2n) is 7.47. The van der Waals surface area contributed by atoms with Crippen LogP contribution in [0.5, 0.6) is 5.75 Å². The van der Waals surface area contributed by atoms with E-state index >= 15 is 0 Å². The van der Waals surface area contributed by atoms with Gasteiger partial charge in [0.25, 0.3) is 0 Å². The zero-order chi connectivity index (χ0) is 22.1. The first-order valence-corrected chi connectivity index (χ1v) is 11.4. The van der Waals surface area contributed by atoms with E-state index in [-0.39, 0.29) is 0 Å². The molecule has 1 amide bonds. The summed E-state index contributed by atoms with van der Waals surface area (Å²) in [5, 5.41) is 3.97. The highest BCUT2D eigenvalue weighted by molar-refractivity contribution is 6.43. The van der Waals surface area contributed by atoms with Gasteiger partial charge in [-0.3, -0.25) is 9.69 Å². The summed E-state index contributed by atoms with van der Waals surface area (Å²) in [6, 6.07) is 11.6. The van der Waals surface area contributed by atoms with Crippen LogP contribution in [0, 0.1) is 0 Å². The van der Waals surface area contributed by atoms with Crippen LogP contribution >= 0.6 is 23.2 Å². The van der Waals surface area contributed by atoms with E-state index in [9.17, 15) is 4.79 Å². The van der Waals surface area contributed by atoms with Gasteiger partial charge in [0.1, 0.15) is 5.75 Å². The van der Waals surface area contributed by atoms with Crippen molar-refractivity contribution < 1.29 is 9.53 Å². The van der Waals surface area contributed by atoms with Gasteiger partial charge >= 0.3 is 0 Å². The highest BCUT2D eigenvalue weighted by atomic mass is 35.5. The molecular weight excluding hydrogens is 433 g/mol. The van der Waals surface area contributed by atoms with Crippen molar-refractivity contribution in [3.8, 4) is 5.75 Å². The fourth-order valence-electron chi connectivity index (χ4n) is 3.72. The lowest BCUT2D eigenvalue weighted by atomic mass is 10.1. The third-order valence-corrected chi connectivity index (χ3v) is 6.18. The molecular formula is C24H29Cl2N3O2. The van der Waals surface area contributed by atoms with E-state index in [1.807, 2.05) is 55.5 Å². The number of carbonyl (C=O) groups excluding carboxylic acids is 1. The van der Waals surface area contributed by atoms with Crippen molar-refractivity contribution in [3.63, 3.8) is 0 Å². The summed E-state index contributed by atoms with van der Waals surface area (Å²) >= 11 is 12.5. The van der Waals surface area contributed by atoms with E-state index in [1.165, 1.54) is 0 Å². The number of anilines is 2. The first-order chi connectivity index (χ1) is 15.1. The van der Waals surface area contributed by atoms with E-state index < -0.39 is 0 Å². The number of halogens is 2. The van der Waals surface area contributed by atoms with Gasteiger partial charge in [-0.25, -0.2) is 0 Å². The number of rotatable bonds is 10. The van der Waals surface area contributed by atoms with Crippen molar-refractivity contribution in [1.29, 1.82) is 0 Å². The smallest absolute Gasteiger partial charge is 0.211 e. The summed E-state index contributed by atoms with van der Waals surface area (Å²) in [6.07, 6.45) is 6.64. The van der Waals surface area contributed by atoms with Crippen molar-refractivity contribution in [2.45, 2.75) is 19.8 Å². The van der Waals surface area contributed by atoms with Crippen molar-refractivity contribution in [2.75, 3.05) is 49.5 Å². The maximum atomic E-state index is 10.8. The number of nitrogens with zero attached hydrogens (tertiary/aromatic N) is 2. The molecule has 1 saturated heterocycles. The SMILES string of the molecule is C/C=C\c1ccc(OCCCCN2CCN(c3cccc(Cl)c3Cl)CC2)cc1NC=O. The number of carbonyl (C=O) groups is 1. The molecule has 5 nitrogen and oxygen atoms in total. The lowest BCUT2D eigenvalue weighted by Crippen LogP contribution is -2.46. The first kappa shape index (κ1) is 23.5. The Hall–Kier alpha value is -2.21. The Morgan fingerprint density at radius 2 is 1.90 bits per heavy atom. The Kier molecular flexibility index (Phi) is 9.07. The van der Waals surface area contributed by atoms with E-state index in [4.69, 9.17) is 27.9 Å². The Labute approximate surface area is 194 Å². The number of benzene rings is 2. The molecule has 2 aromatic rings. The van der Waals surface area contributed by atoms with Crippen LogP contribution in [0.1, 0.15) is 25.3 Å². The van der Waals surface area contributed by atoms with Crippen LogP contribution in [-0.2, 0) is 4.79 Å². The van der Waals surface area contributed by atoms with Crippen LogP contribution in [0.3, 0.4) is 0 Å². The molecule has 0 saturated carbocycles. The fourth-order valence-corrected chi connectivity index (χ4v) is 4.13. The molecule has 2 aromatic carbocycles. The number of hydrogen-bond donors (Lipinski definition) is 1. The molecule has 7 heteroatoms. The topological polar surface area (TPSA) is 44.8 Å². The first-order valence-electron chi connectivity index (χ1n) is 10.6. The van der Waals surface area contributed by atoms with Crippen LogP contribution in [0.25, 0.3) is 6.08 Å². The van der Waals surface area contributed by atoms with Gasteiger partial charge in [-0.15, -0.1) is 0 Å². The van der Waals surface area contributed by atoms with Crippen molar-refractivity contribution >= 4 is 47.1 Å². The minimum absolute atomic E-state index is 0.604. The summed E-state index contributed by atoms with van der Waals surface area (Å²) in [4.78, 5) is 15.6. The van der Waals surface area contributed by atoms with Crippen LogP contribution in [0.15, 0.2) is 42.5 Å². The number of allylic oxidation sites excluding steroid dienone is 1. The second kappa shape index (κ2) is 12.0. The normalized spacial score (nSPS) is 14.7. The van der Waals surface area contributed by atoms with Crippen LogP contribution < -0.4 is 15.0 Å². The standard InChI is InChI=1S/C24H29Cl2N3O2/c1-2-6-19-9-10-20(17-22(19)27-18-30)31-16-4-3-11-28-12-14-29(15-13-28)23-8-5-7-21(25)24(23)26/h2,5-10,17-18H,3-4,11-16H2,1H3,(H,27,30)/b6-2-. The van der Waals surface area contributed by atoms with Gasteiger partial charge in [0.05, 0.1) is 28.0 Å². The molecule has 0 radical (unpaired) electrons. The average Bonchev–Trinajstić information content (AvgIpc) is 2.78. The highest BCUT2D eigenvalue weighted by Gasteiger charge is 2.19. The van der Waals surface area contributed by atoms with Gasteiger partial charge in [-0.1, -0.05) is 41.4 Å². The molecule has 3 rings (SSSR count). The Bertz CT molecular complexity index is 896. The molecule has 1 aliphatic heterocycles. The van der Waals surface area contributed by atoms with Crippen molar-refractivity contribution in [2.24, 2.45) is 0 Å². The second-order valence-corrected chi connectivity index (χ2v) is 8.25. The third-order valence-electron chi connectivity index (χ3n) is 5.37. The monoisotopic (exact) mass is 461 g/mol. The van der Waals surface area contributed by atoms with E-state index in [0.717, 1.165) is 68.3 Å². The molecule has 0 atom stereocenters. The van der Waals surface area contributed by atoms with E-state index in [2.05, 4.69) is 15.1 Å². The molecule has 166 valence electrons. The number of nitrogens with one attached hydrogen (secondary N) is 1. The molecule has 0 spiro atoms. The van der Waals surface area contributed by atoms with Gasteiger partial charge < -0.3 is 15.0 Å². The summed E-state index contributed by atoms with van der Waals surface area (Å²) < 4.78 is 5.88. The van der Waals surface area contributed by atoms with Gasteiger partial charge in [0.2, 0.25) is 6.41 Å². The number of piperazine rings is 1. The average molecular weight is 462 g/mol. The minimum atomic E-state index is 0.604. The van der Waals surface area contributed by atoms with Crippen LogP contribution in [0.2, 0.25) is 10.0 Å². The molecule has 31 heavy (non-hydrogen) atoms. The molecule has 0 bridgehead atoms.